The Bertz CT molecular complexity index is 2390. The van der Waals surface area contributed by atoms with E-state index in [1.165, 1.54) is 0 Å². The number of rotatable bonds is 7. The van der Waals surface area contributed by atoms with Gasteiger partial charge in [0.05, 0.1) is 48.7 Å². The third kappa shape index (κ3) is 5.56. The SMILES string of the molecule is C[C@@H]1[C@@H]([Si](C)(C)O)[C@H](CC(=O)N2Cc3ccccc3C[C@H]2CO)O[C@@]12C(=O)N(Cc1ccc(N3C(=O)c4cccc5cccc3c45)cc1)c1ccc(Cl)cc12. The molecule has 5 atom stereocenters. The van der Waals surface area contributed by atoms with Gasteiger partial charge in [-0.05, 0) is 84.1 Å². The van der Waals surface area contributed by atoms with E-state index in [1.54, 1.807) is 26.8 Å². The average Bonchev–Trinajstić information content (AvgIpc) is 3.72. The molecule has 9 rings (SSSR count). The molecule has 1 spiro atoms. The first kappa shape index (κ1) is 35.8. The highest BCUT2D eigenvalue weighted by atomic mass is 35.5. The van der Waals surface area contributed by atoms with Gasteiger partial charge in [-0.1, -0.05) is 79.2 Å². The quantitative estimate of drug-likeness (QED) is 0.166. The zero-order chi connectivity index (χ0) is 38.4. The standard InChI is InChI=1S/C44H42ClN3O6Si/c1-26-41(55(2,3)53)38(22-39(50)46-24-30-9-5-4-8-29(30)20-33(46)25-49)54-44(26)35-21-31(45)16-19-36(35)47(43(44)52)23-27-14-17-32(18-15-27)48-37-13-7-11-28-10-6-12-34(40(28)37)42(48)51/h4-19,21,26,33,38,41,49,53H,20,22-25H2,1-3H3/t26-,33+,38+,41-,44+/m1/s1. The molecule has 11 heteroatoms. The van der Waals surface area contributed by atoms with Crippen molar-refractivity contribution in [3.05, 3.63) is 136 Å². The van der Waals surface area contributed by atoms with Gasteiger partial charge in [0.15, 0.2) is 13.9 Å². The smallest absolute Gasteiger partial charge is 0.264 e. The van der Waals surface area contributed by atoms with Gasteiger partial charge in [0.2, 0.25) is 5.91 Å². The van der Waals surface area contributed by atoms with Gasteiger partial charge < -0.3 is 24.4 Å². The van der Waals surface area contributed by atoms with E-state index in [9.17, 15) is 19.5 Å². The minimum Gasteiger partial charge on any atom is -0.432 e. The maximum absolute atomic E-state index is 15.0. The normalized spacial score (nSPS) is 24.3. The lowest BCUT2D eigenvalue weighted by atomic mass is 9.82. The Balaban J connectivity index is 1.01. The van der Waals surface area contributed by atoms with Crippen LogP contribution in [0.3, 0.4) is 0 Å². The molecule has 0 aliphatic carbocycles. The Morgan fingerprint density at radius 3 is 2.38 bits per heavy atom. The van der Waals surface area contributed by atoms with Crippen LogP contribution in [0.15, 0.2) is 103 Å². The zero-order valence-corrected chi connectivity index (χ0v) is 32.7. The molecule has 4 aliphatic heterocycles. The summed E-state index contributed by atoms with van der Waals surface area (Å²) in [7, 11) is -3.05. The molecule has 1 fully saturated rings. The number of fused-ring (bicyclic) bond motifs is 3. The van der Waals surface area contributed by atoms with Gasteiger partial charge >= 0.3 is 0 Å². The largest absolute Gasteiger partial charge is 0.432 e. The molecule has 0 unspecified atom stereocenters. The molecule has 280 valence electrons. The molecule has 1 saturated heterocycles. The van der Waals surface area contributed by atoms with Gasteiger partial charge in [-0.15, -0.1) is 0 Å². The fourth-order valence-corrected chi connectivity index (χ4v) is 12.6. The number of halogens is 1. The molecular weight excluding hydrogens is 730 g/mol. The van der Waals surface area contributed by atoms with E-state index in [0.29, 0.717) is 34.8 Å². The number of aliphatic hydroxyl groups excluding tert-OH is 1. The van der Waals surface area contributed by atoms with Gasteiger partial charge in [0.1, 0.15) is 0 Å². The second kappa shape index (κ2) is 13.1. The van der Waals surface area contributed by atoms with Crippen molar-refractivity contribution in [2.24, 2.45) is 5.92 Å². The molecule has 2 N–H and O–H groups in total. The highest BCUT2D eigenvalue weighted by Gasteiger charge is 2.66. The number of carbonyl (C=O) groups excluding carboxylic acids is 3. The van der Waals surface area contributed by atoms with Gasteiger partial charge in [-0.25, -0.2) is 0 Å². The molecule has 4 heterocycles. The Hall–Kier alpha value is -4.84. The van der Waals surface area contributed by atoms with Crippen molar-refractivity contribution in [3.63, 3.8) is 0 Å². The summed E-state index contributed by atoms with van der Waals surface area (Å²) < 4.78 is 6.95. The molecule has 3 amide bonds. The molecule has 9 nitrogen and oxygen atoms in total. The van der Waals surface area contributed by atoms with Gasteiger partial charge in [0, 0.05) is 39.7 Å². The van der Waals surface area contributed by atoms with Gasteiger partial charge in [-0.3, -0.25) is 19.3 Å². The van der Waals surface area contributed by atoms with Crippen molar-refractivity contribution in [1.29, 1.82) is 0 Å². The summed E-state index contributed by atoms with van der Waals surface area (Å²) in [6.45, 7) is 6.05. The van der Waals surface area contributed by atoms with Crippen molar-refractivity contribution in [1.82, 2.24) is 4.90 Å². The molecule has 4 aliphatic rings. The maximum Gasteiger partial charge on any atom is 0.264 e. The predicted octanol–water partition coefficient (Wildman–Crippen LogP) is 7.47. The highest BCUT2D eigenvalue weighted by molar-refractivity contribution is 6.71. The fourth-order valence-electron chi connectivity index (χ4n) is 9.84. The van der Waals surface area contributed by atoms with Crippen LogP contribution in [-0.2, 0) is 39.4 Å². The van der Waals surface area contributed by atoms with Crippen LogP contribution in [0.2, 0.25) is 23.7 Å². The van der Waals surface area contributed by atoms with Crippen molar-refractivity contribution in [2.75, 3.05) is 16.4 Å². The van der Waals surface area contributed by atoms with E-state index in [2.05, 4.69) is 0 Å². The third-order valence-electron chi connectivity index (χ3n) is 12.3. The van der Waals surface area contributed by atoms with Crippen LogP contribution in [0.25, 0.3) is 10.8 Å². The minimum atomic E-state index is -3.05. The number of benzene rings is 5. The number of nitrogens with zero attached hydrogens (tertiary/aromatic N) is 3. The number of anilines is 3. The molecule has 55 heavy (non-hydrogen) atoms. The first-order valence-electron chi connectivity index (χ1n) is 18.8. The van der Waals surface area contributed by atoms with Crippen LogP contribution in [0.5, 0.6) is 0 Å². The van der Waals surface area contributed by atoms with Crippen LogP contribution in [0, 0.1) is 5.92 Å². The van der Waals surface area contributed by atoms with Crippen LogP contribution >= 0.6 is 11.6 Å². The first-order chi connectivity index (χ1) is 26.4. The summed E-state index contributed by atoms with van der Waals surface area (Å²) >= 11 is 6.62. The number of aliphatic hydroxyl groups is 1. The zero-order valence-electron chi connectivity index (χ0n) is 30.9. The van der Waals surface area contributed by atoms with Crippen molar-refractivity contribution >= 4 is 65.5 Å². The number of amides is 3. The van der Waals surface area contributed by atoms with Crippen molar-refractivity contribution in [3.8, 4) is 0 Å². The van der Waals surface area contributed by atoms with Crippen LogP contribution in [-0.4, -0.2) is 59.6 Å². The van der Waals surface area contributed by atoms with Gasteiger partial charge in [-0.2, -0.15) is 0 Å². The summed E-state index contributed by atoms with van der Waals surface area (Å²) in [6.07, 6.45) is -0.233. The lowest BCUT2D eigenvalue weighted by Crippen LogP contribution is -2.48. The summed E-state index contributed by atoms with van der Waals surface area (Å²) in [6, 6.07) is 32.3. The van der Waals surface area contributed by atoms with Gasteiger partial charge in [0.25, 0.3) is 11.8 Å². The highest BCUT2D eigenvalue weighted by Crippen LogP contribution is 2.60. The first-order valence-corrected chi connectivity index (χ1v) is 22.3. The third-order valence-corrected chi connectivity index (χ3v) is 15.0. The Labute approximate surface area is 325 Å². The van der Waals surface area contributed by atoms with E-state index < -0.39 is 31.5 Å². The monoisotopic (exact) mass is 771 g/mol. The Morgan fingerprint density at radius 2 is 1.65 bits per heavy atom. The van der Waals surface area contributed by atoms with E-state index in [-0.39, 0.29) is 43.3 Å². The summed E-state index contributed by atoms with van der Waals surface area (Å²) in [5, 5.41) is 12.7. The van der Waals surface area contributed by atoms with Crippen molar-refractivity contribution < 1.29 is 29.0 Å². The topological polar surface area (TPSA) is 111 Å². The fraction of sp³-hybridized carbons (Fsp3) is 0.295. The lowest BCUT2D eigenvalue weighted by Gasteiger charge is -2.37. The predicted molar refractivity (Wildman–Crippen MR) is 215 cm³/mol. The molecular formula is C44H42ClN3O6Si. The van der Waals surface area contributed by atoms with Crippen LogP contribution in [0.4, 0.5) is 17.1 Å². The second-order valence-electron chi connectivity index (χ2n) is 15.9. The number of carbonyl (C=O) groups is 3. The van der Waals surface area contributed by atoms with Crippen LogP contribution < -0.4 is 9.80 Å². The van der Waals surface area contributed by atoms with E-state index >= 15 is 4.79 Å². The summed E-state index contributed by atoms with van der Waals surface area (Å²) in [4.78, 5) is 59.8. The van der Waals surface area contributed by atoms with E-state index in [0.717, 1.165) is 38.8 Å². The molecule has 5 aromatic carbocycles. The molecule has 0 bridgehead atoms. The average molecular weight is 772 g/mol. The Kier molecular flexibility index (Phi) is 8.56. The molecule has 0 aromatic heterocycles. The van der Waals surface area contributed by atoms with Crippen LogP contribution in [0.1, 0.15) is 46.0 Å². The number of hydrogen-bond acceptors (Lipinski definition) is 6. The second-order valence-corrected chi connectivity index (χ2v) is 20.3. The molecule has 0 saturated carbocycles. The number of ether oxygens (including phenoxy) is 1. The lowest BCUT2D eigenvalue weighted by molar-refractivity contribution is -0.151. The maximum atomic E-state index is 15.0. The van der Waals surface area contributed by atoms with Crippen molar-refractivity contribution in [2.45, 2.75) is 69.2 Å². The summed E-state index contributed by atoms with van der Waals surface area (Å²) in [5.41, 5.74) is 4.62. The van der Waals surface area contributed by atoms with E-state index in [4.69, 9.17) is 16.3 Å². The Morgan fingerprint density at radius 1 is 0.927 bits per heavy atom. The van der Waals surface area contributed by atoms with E-state index in [1.807, 2.05) is 111 Å². The minimum absolute atomic E-state index is 0.0378. The number of hydrogen-bond donors (Lipinski definition) is 2. The summed E-state index contributed by atoms with van der Waals surface area (Å²) in [5.74, 6) is -1.01. The molecule has 5 aromatic rings. The molecule has 0 radical (unpaired) electrons.